The van der Waals surface area contributed by atoms with Crippen molar-refractivity contribution in [3.63, 3.8) is 0 Å². The minimum atomic E-state index is 1.05. The molecule has 0 amide bonds. The van der Waals surface area contributed by atoms with Crippen molar-refractivity contribution in [1.29, 1.82) is 0 Å². The van der Waals surface area contributed by atoms with Crippen molar-refractivity contribution in [3.05, 3.63) is 0 Å². The highest BCUT2D eigenvalue weighted by Gasteiger charge is 2.33. The fraction of sp³-hybridized carbons (Fsp3) is 1.00. The van der Waals surface area contributed by atoms with Gasteiger partial charge in [0.05, 0.1) is 0 Å². The van der Waals surface area contributed by atoms with Crippen LogP contribution in [0.25, 0.3) is 0 Å². The molecule has 0 bridgehead atoms. The number of rotatable bonds is 4. The van der Waals surface area contributed by atoms with Gasteiger partial charge in [-0.05, 0) is 100.0 Å². The molecule has 3 saturated carbocycles. The molecule has 1 N–H and O–H groups in total. The Morgan fingerprint density at radius 1 is 0.375 bits per heavy atom. The lowest BCUT2D eigenvalue weighted by Gasteiger charge is -2.35. The molecule has 1 nitrogen and oxygen atoms in total. The highest BCUT2D eigenvalue weighted by atomic mass is 14.8. The molecule has 0 aromatic heterocycles. The van der Waals surface area contributed by atoms with Crippen LogP contribution in [0.4, 0.5) is 0 Å². The Morgan fingerprint density at radius 2 is 0.844 bits per heavy atom. The van der Waals surface area contributed by atoms with E-state index < -0.39 is 0 Å². The molecule has 0 radical (unpaired) electrons. The van der Waals surface area contributed by atoms with Gasteiger partial charge in [0.1, 0.15) is 0 Å². The van der Waals surface area contributed by atoms with Crippen molar-refractivity contribution < 1.29 is 0 Å². The first-order valence-corrected chi connectivity index (χ1v) is 15.6. The molecule has 1 heterocycles. The standard InChI is InChI=1S/C31H57N/c1-2-4-7-13-29(14-8-5-3-1)31-21-18-27(25-31)24-26-16-19-30(20-17-26)28-12-9-6-10-22-32-23-11-15-28/h26-32H,1-25H2. The molecular weight excluding hydrogens is 386 g/mol. The Morgan fingerprint density at radius 3 is 1.56 bits per heavy atom. The van der Waals surface area contributed by atoms with Crippen molar-refractivity contribution in [2.45, 2.75) is 148 Å². The monoisotopic (exact) mass is 443 g/mol. The Kier molecular flexibility index (Phi) is 11.3. The molecule has 3 atom stereocenters. The van der Waals surface area contributed by atoms with E-state index in [4.69, 9.17) is 0 Å². The van der Waals surface area contributed by atoms with Crippen molar-refractivity contribution in [2.75, 3.05) is 13.1 Å². The number of nitrogens with one attached hydrogen (secondary N) is 1. The SMILES string of the molecule is C1CCCCC(C2CCC(CC3CCC(C4CCCCCNCCC4)CC3)C2)CCCC1. The molecule has 186 valence electrons. The molecule has 3 aliphatic carbocycles. The van der Waals surface area contributed by atoms with Crippen molar-refractivity contribution in [2.24, 2.45) is 35.5 Å². The van der Waals surface area contributed by atoms with Crippen molar-refractivity contribution in [1.82, 2.24) is 5.32 Å². The number of hydrogen-bond donors (Lipinski definition) is 1. The fourth-order valence-electron chi connectivity index (χ4n) is 8.50. The maximum atomic E-state index is 3.67. The predicted octanol–water partition coefficient (Wildman–Crippen LogP) is 9.30. The van der Waals surface area contributed by atoms with Crippen molar-refractivity contribution >= 4 is 0 Å². The summed E-state index contributed by atoms with van der Waals surface area (Å²) in [7, 11) is 0. The highest BCUT2D eigenvalue weighted by molar-refractivity contribution is 4.85. The van der Waals surface area contributed by atoms with Gasteiger partial charge in [0, 0.05) is 0 Å². The van der Waals surface area contributed by atoms with Gasteiger partial charge in [-0.25, -0.2) is 0 Å². The summed E-state index contributed by atoms with van der Waals surface area (Å²) in [6.45, 7) is 2.54. The van der Waals surface area contributed by atoms with Crippen LogP contribution >= 0.6 is 0 Å². The molecule has 32 heavy (non-hydrogen) atoms. The second-order valence-corrected chi connectivity index (χ2v) is 12.8. The van der Waals surface area contributed by atoms with Crippen LogP contribution in [-0.2, 0) is 0 Å². The van der Waals surface area contributed by atoms with Crippen LogP contribution in [0, 0.1) is 35.5 Å². The summed E-state index contributed by atoms with van der Waals surface area (Å²) in [5.74, 6) is 6.50. The van der Waals surface area contributed by atoms with E-state index in [-0.39, 0.29) is 0 Å². The third-order valence-electron chi connectivity index (χ3n) is 10.5. The first-order chi connectivity index (χ1) is 15.9. The fourth-order valence-corrected chi connectivity index (χ4v) is 8.50. The second kappa shape index (κ2) is 14.4. The number of hydrogen-bond acceptors (Lipinski definition) is 1. The summed E-state index contributed by atoms with van der Waals surface area (Å²) in [5, 5.41) is 3.67. The quantitative estimate of drug-likeness (QED) is 0.456. The lowest BCUT2D eigenvalue weighted by atomic mass is 9.71. The van der Waals surface area contributed by atoms with Crippen LogP contribution in [-0.4, -0.2) is 13.1 Å². The molecule has 0 aromatic carbocycles. The summed E-state index contributed by atoms with van der Waals surface area (Å²) >= 11 is 0. The largest absolute Gasteiger partial charge is 0.317 e. The van der Waals surface area contributed by atoms with E-state index >= 15 is 0 Å². The van der Waals surface area contributed by atoms with E-state index in [1.54, 1.807) is 70.6 Å². The Hall–Kier alpha value is -0.0400. The maximum absolute atomic E-state index is 3.67. The van der Waals surface area contributed by atoms with Gasteiger partial charge >= 0.3 is 0 Å². The maximum Gasteiger partial charge on any atom is -0.00488 e. The van der Waals surface area contributed by atoms with E-state index in [1.165, 1.54) is 90.1 Å². The van der Waals surface area contributed by atoms with Crippen LogP contribution in [0.5, 0.6) is 0 Å². The normalized spacial score (nSPS) is 37.7. The minimum Gasteiger partial charge on any atom is -0.317 e. The highest BCUT2D eigenvalue weighted by Crippen LogP contribution is 2.46. The zero-order valence-corrected chi connectivity index (χ0v) is 21.6. The van der Waals surface area contributed by atoms with E-state index in [0.29, 0.717) is 0 Å². The smallest absolute Gasteiger partial charge is 0.00488 e. The van der Waals surface area contributed by atoms with E-state index in [9.17, 15) is 0 Å². The van der Waals surface area contributed by atoms with Gasteiger partial charge in [0.2, 0.25) is 0 Å². The summed E-state index contributed by atoms with van der Waals surface area (Å²) < 4.78 is 0. The summed E-state index contributed by atoms with van der Waals surface area (Å²) in [6.07, 6.45) is 35.3. The van der Waals surface area contributed by atoms with Crippen LogP contribution in [0.3, 0.4) is 0 Å². The van der Waals surface area contributed by atoms with E-state index in [0.717, 1.165) is 35.5 Å². The third kappa shape index (κ3) is 8.32. The first kappa shape index (κ1) is 25.1. The topological polar surface area (TPSA) is 12.0 Å². The first-order valence-electron chi connectivity index (χ1n) is 15.6. The zero-order valence-electron chi connectivity index (χ0n) is 21.6. The zero-order chi connectivity index (χ0) is 21.8. The Bertz CT molecular complexity index is 459. The van der Waals surface area contributed by atoms with Crippen LogP contribution < -0.4 is 5.32 Å². The molecule has 0 aromatic rings. The molecule has 4 fully saturated rings. The van der Waals surface area contributed by atoms with Gasteiger partial charge in [0.25, 0.3) is 0 Å². The molecule has 3 unspecified atom stereocenters. The molecule has 1 saturated heterocycles. The average molecular weight is 444 g/mol. The molecule has 1 heteroatoms. The lowest BCUT2D eigenvalue weighted by molar-refractivity contribution is 0.164. The minimum absolute atomic E-state index is 1.05. The van der Waals surface area contributed by atoms with Gasteiger partial charge in [-0.15, -0.1) is 0 Å². The van der Waals surface area contributed by atoms with Gasteiger partial charge in [-0.1, -0.05) is 96.3 Å². The van der Waals surface area contributed by atoms with E-state index in [2.05, 4.69) is 5.32 Å². The molecule has 1 aliphatic heterocycles. The van der Waals surface area contributed by atoms with Gasteiger partial charge in [0.15, 0.2) is 0 Å². The molecule has 0 spiro atoms. The summed E-state index contributed by atoms with van der Waals surface area (Å²) in [6, 6.07) is 0. The van der Waals surface area contributed by atoms with Crippen LogP contribution in [0.2, 0.25) is 0 Å². The molecular formula is C31H57N. The Balaban J connectivity index is 1.16. The van der Waals surface area contributed by atoms with Gasteiger partial charge < -0.3 is 5.32 Å². The lowest BCUT2D eigenvalue weighted by Crippen LogP contribution is -2.25. The third-order valence-corrected chi connectivity index (χ3v) is 10.5. The Labute approximate surface area is 201 Å². The predicted molar refractivity (Wildman–Crippen MR) is 140 cm³/mol. The van der Waals surface area contributed by atoms with Gasteiger partial charge in [-0.3, -0.25) is 0 Å². The summed E-state index contributed by atoms with van der Waals surface area (Å²) in [5.41, 5.74) is 0. The van der Waals surface area contributed by atoms with Crippen molar-refractivity contribution in [3.8, 4) is 0 Å². The summed E-state index contributed by atoms with van der Waals surface area (Å²) in [4.78, 5) is 0. The van der Waals surface area contributed by atoms with E-state index in [1.807, 2.05) is 0 Å². The molecule has 4 rings (SSSR count). The second-order valence-electron chi connectivity index (χ2n) is 12.8. The average Bonchev–Trinajstić information content (AvgIpc) is 3.29. The molecule has 4 aliphatic rings. The van der Waals surface area contributed by atoms with Gasteiger partial charge in [-0.2, -0.15) is 0 Å². The van der Waals surface area contributed by atoms with Crippen LogP contribution in [0.15, 0.2) is 0 Å². The van der Waals surface area contributed by atoms with Crippen LogP contribution in [0.1, 0.15) is 148 Å².